The summed E-state index contributed by atoms with van der Waals surface area (Å²) < 4.78 is 0. The molecule has 1 saturated heterocycles. The molecule has 2 heterocycles. The first-order valence-electron chi connectivity index (χ1n) is 10.2. The van der Waals surface area contributed by atoms with Gasteiger partial charge in [-0.25, -0.2) is 15.0 Å². The smallest absolute Gasteiger partial charge is 0.253 e. The maximum atomic E-state index is 13.0. The van der Waals surface area contributed by atoms with Crippen molar-refractivity contribution >= 4 is 41.3 Å². The molecule has 4 rings (SSSR count). The molecule has 1 aromatic carbocycles. The number of aliphatic imine (C=N–C) groups is 1. The molecule has 0 bridgehead atoms. The standard InChI is InChI=1S/C23H24ClN5O2/c1-4-21(30)28-20-6-5-15(9-13(20)2)22(31)29-8-7-16-17(18(16)12-29)10-25-23-26-11-19(24)14(3)27-23/h4-6,9-11,16-18H,1,7-8,12H2,2-3H3,(H,28,30)/b25-10+. The number of aryl methyl sites for hydroxylation is 2. The van der Waals surface area contributed by atoms with Gasteiger partial charge in [0.2, 0.25) is 11.9 Å². The van der Waals surface area contributed by atoms with Crippen LogP contribution in [0, 0.1) is 31.6 Å². The molecule has 0 spiro atoms. The zero-order chi connectivity index (χ0) is 22.1. The van der Waals surface area contributed by atoms with Gasteiger partial charge in [0.1, 0.15) is 0 Å². The number of benzene rings is 1. The van der Waals surface area contributed by atoms with E-state index in [9.17, 15) is 9.59 Å². The summed E-state index contributed by atoms with van der Waals surface area (Å²) in [5, 5.41) is 3.27. The quantitative estimate of drug-likeness (QED) is 0.566. The topological polar surface area (TPSA) is 87.5 Å². The van der Waals surface area contributed by atoms with E-state index in [0.717, 1.165) is 18.5 Å². The summed E-state index contributed by atoms with van der Waals surface area (Å²) in [6, 6.07) is 5.34. The predicted octanol–water partition coefficient (Wildman–Crippen LogP) is 3.98. The minimum atomic E-state index is -0.273. The number of likely N-dealkylation sites (tertiary alicyclic amines) is 1. The maximum Gasteiger partial charge on any atom is 0.253 e. The Labute approximate surface area is 186 Å². The second-order valence-corrected chi connectivity index (χ2v) is 8.46. The first kappa shape index (κ1) is 21.2. The van der Waals surface area contributed by atoms with Crippen molar-refractivity contribution in [3.8, 4) is 0 Å². The van der Waals surface area contributed by atoms with Crippen molar-refractivity contribution in [3.63, 3.8) is 0 Å². The third kappa shape index (κ3) is 4.51. The summed E-state index contributed by atoms with van der Waals surface area (Å²) in [4.78, 5) is 39.3. The van der Waals surface area contributed by atoms with Gasteiger partial charge in [-0.1, -0.05) is 18.2 Å². The number of fused-ring (bicyclic) bond motifs is 1. The molecule has 3 atom stereocenters. The monoisotopic (exact) mass is 437 g/mol. The Kier molecular flexibility index (Phi) is 5.87. The average molecular weight is 438 g/mol. The van der Waals surface area contributed by atoms with Crippen LogP contribution in [0.1, 0.15) is 28.0 Å². The van der Waals surface area contributed by atoms with Crippen molar-refractivity contribution in [1.29, 1.82) is 0 Å². The Hall–Kier alpha value is -3.06. The molecule has 2 aromatic rings. The molecule has 2 fully saturated rings. The van der Waals surface area contributed by atoms with Crippen molar-refractivity contribution in [2.24, 2.45) is 22.7 Å². The molecule has 1 aromatic heterocycles. The Morgan fingerprint density at radius 1 is 1.32 bits per heavy atom. The normalized spacial score (nSPS) is 22.2. The molecule has 0 radical (unpaired) electrons. The van der Waals surface area contributed by atoms with Gasteiger partial charge < -0.3 is 10.2 Å². The molecule has 7 nitrogen and oxygen atoms in total. The van der Waals surface area contributed by atoms with Crippen LogP contribution in [0.25, 0.3) is 0 Å². The van der Waals surface area contributed by atoms with E-state index in [2.05, 4.69) is 26.9 Å². The van der Waals surface area contributed by atoms with E-state index >= 15 is 0 Å². The summed E-state index contributed by atoms with van der Waals surface area (Å²) in [5.74, 6) is 1.47. The SMILES string of the molecule is C=CC(=O)Nc1ccc(C(=O)N2CCC3C(/C=N/c4ncc(Cl)c(C)n4)C3C2)cc1C. The van der Waals surface area contributed by atoms with E-state index < -0.39 is 0 Å². The highest BCUT2D eigenvalue weighted by atomic mass is 35.5. The van der Waals surface area contributed by atoms with E-state index in [1.54, 1.807) is 18.3 Å². The molecule has 1 aliphatic heterocycles. The number of carbonyl (C=O) groups excluding carboxylic acids is 2. The summed E-state index contributed by atoms with van der Waals surface area (Å²) >= 11 is 5.96. The van der Waals surface area contributed by atoms with Gasteiger partial charge in [-0.3, -0.25) is 9.59 Å². The molecular weight excluding hydrogens is 414 g/mol. The van der Waals surface area contributed by atoms with Gasteiger partial charge in [0.25, 0.3) is 5.91 Å². The first-order chi connectivity index (χ1) is 14.9. The van der Waals surface area contributed by atoms with Gasteiger partial charge in [0.15, 0.2) is 0 Å². The van der Waals surface area contributed by atoms with Crippen molar-refractivity contribution in [2.75, 3.05) is 18.4 Å². The lowest BCUT2D eigenvalue weighted by molar-refractivity contribution is -0.111. The maximum absolute atomic E-state index is 13.0. The Balaban J connectivity index is 1.38. The minimum Gasteiger partial charge on any atom is -0.338 e. The largest absolute Gasteiger partial charge is 0.338 e. The molecule has 1 N–H and O–H groups in total. The molecule has 1 saturated carbocycles. The Morgan fingerprint density at radius 3 is 2.84 bits per heavy atom. The minimum absolute atomic E-state index is 0.0161. The van der Waals surface area contributed by atoms with Gasteiger partial charge >= 0.3 is 0 Å². The number of anilines is 1. The first-order valence-corrected chi connectivity index (χ1v) is 10.6. The van der Waals surface area contributed by atoms with Crippen molar-refractivity contribution in [1.82, 2.24) is 14.9 Å². The van der Waals surface area contributed by atoms with Gasteiger partial charge in [0.05, 0.1) is 16.9 Å². The van der Waals surface area contributed by atoms with Crippen molar-refractivity contribution < 1.29 is 9.59 Å². The van der Waals surface area contributed by atoms with Crippen LogP contribution in [0.5, 0.6) is 0 Å². The van der Waals surface area contributed by atoms with Crippen molar-refractivity contribution in [3.05, 3.63) is 58.9 Å². The van der Waals surface area contributed by atoms with Gasteiger partial charge in [-0.15, -0.1) is 0 Å². The van der Waals surface area contributed by atoms with Crippen molar-refractivity contribution in [2.45, 2.75) is 20.3 Å². The third-order valence-electron chi connectivity index (χ3n) is 6.03. The molecule has 2 amide bonds. The zero-order valence-corrected chi connectivity index (χ0v) is 18.3. The lowest BCUT2D eigenvalue weighted by atomic mass is 10.1. The van der Waals surface area contributed by atoms with Gasteiger partial charge in [-0.2, -0.15) is 0 Å². The number of hydrogen-bond acceptors (Lipinski definition) is 5. The molecule has 1 aliphatic carbocycles. The Morgan fingerprint density at radius 2 is 2.13 bits per heavy atom. The van der Waals surface area contributed by atoms with Crippen LogP contribution in [0.3, 0.4) is 0 Å². The fourth-order valence-electron chi connectivity index (χ4n) is 4.15. The highest BCUT2D eigenvalue weighted by molar-refractivity contribution is 6.31. The van der Waals surface area contributed by atoms with Crippen LogP contribution in [0.4, 0.5) is 11.6 Å². The number of hydrogen-bond donors (Lipinski definition) is 1. The van der Waals surface area contributed by atoms with E-state index in [1.807, 2.05) is 31.0 Å². The number of rotatable bonds is 5. The second kappa shape index (κ2) is 8.59. The van der Waals surface area contributed by atoms with E-state index in [1.165, 1.54) is 6.08 Å². The van der Waals surface area contributed by atoms with E-state index in [-0.39, 0.29) is 11.8 Å². The van der Waals surface area contributed by atoms with Crippen LogP contribution in [-0.2, 0) is 4.79 Å². The van der Waals surface area contributed by atoms with Gasteiger partial charge in [-0.05, 0) is 61.9 Å². The molecule has 160 valence electrons. The number of halogens is 1. The molecule has 31 heavy (non-hydrogen) atoms. The second-order valence-electron chi connectivity index (χ2n) is 8.05. The lowest BCUT2D eigenvalue weighted by Gasteiger charge is -2.26. The van der Waals surface area contributed by atoms with Gasteiger partial charge in [0, 0.05) is 36.5 Å². The summed E-state index contributed by atoms with van der Waals surface area (Å²) in [7, 11) is 0. The van der Waals surface area contributed by atoms with Crippen LogP contribution < -0.4 is 5.32 Å². The molecule has 3 unspecified atom stereocenters. The summed E-state index contributed by atoms with van der Waals surface area (Å²) in [6.45, 7) is 8.60. The van der Waals surface area contributed by atoms with Crippen LogP contribution in [-0.4, -0.2) is 46.0 Å². The molecule has 2 aliphatic rings. The highest BCUT2D eigenvalue weighted by Crippen LogP contribution is 2.50. The zero-order valence-electron chi connectivity index (χ0n) is 17.5. The number of amides is 2. The molecular formula is C23H24ClN5O2. The number of aromatic nitrogens is 2. The number of carbonyl (C=O) groups is 2. The van der Waals surface area contributed by atoms with E-state index in [4.69, 9.17) is 11.6 Å². The highest BCUT2D eigenvalue weighted by Gasteiger charge is 2.52. The summed E-state index contributed by atoms with van der Waals surface area (Å²) in [6.07, 6.45) is 5.67. The number of nitrogens with one attached hydrogen (secondary N) is 1. The fourth-order valence-corrected chi connectivity index (χ4v) is 4.24. The third-order valence-corrected chi connectivity index (χ3v) is 6.41. The average Bonchev–Trinajstić information content (AvgIpc) is 3.47. The number of piperidine rings is 1. The predicted molar refractivity (Wildman–Crippen MR) is 121 cm³/mol. The number of nitrogens with zero attached hydrogens (tertiary/aromatic N) is 4. The fraction of sp³-hybridized carbons (Fsp3) is 0.348. The lowest BCUT2D eigenvalue weighted by Crippen LogP contribution is -2.37. The van der Waals surface area contributed by atoms with Crippen LogP contribution in [0.15, 0.2) is 42.0 Å². The summed E-state index contributed by atoms with van der Waals surface area (Å²) in [5.41, 5.74) is 2.85. The van der Waals surface area contributed by atoms with Crippen LogP contribution >= 0.6 is 11.6 Å². The van der Waals surface area contributed by atoms with E-state index in [0.29, 0.717) is 52.2 Å². The molecule has 8 heteroatoms. The Bertz CT molecular complexity index is 1080. The van der Waals surface area contributed by atoms with Crippen LogP contribution in [0.2, 0.25) is 5.02 Å².